The van der Waals surface area contributed by atoms with E-state index in [1.807, 2.05) is 7.05 Å². The number of hydrogen-bond acceptors (Lipinski definition) is 2. The average molecular weight is 268 g/mol. The van der Waals surface area contributed by atoms with E-state index >= 15 is 0 Å². The Balaban J connectivity index is 2.56. The van der Waals surface area contributed by atoms with Crippen LogP contribution in [0.5, 0.6) is 0 Å². The van der Waals surface area contributed by atoms with Gasteiger partial charge in [0.1, 0.15) is 0 Å². The smallest absolute Gasteiger partial charge is 0.176 e. The summed E-state index contributed by atoms with van der Waals surface area (Å²) in [5.41, 5.74) is 0.725. The van der Waals surface area contributed by atoms with Crippen molar-refractivity contribution in [3.8, 4) is 0 Å². The molecule has 0 N–H and O–H groups in total. The molecular weight excluding hydrogens is 246 g/mol. The number of carbonyl (C=O) groups is 1. The first kappa shape index (κ1) is 15.2. The number of benzene rings is 1. The minimum atomic E-state index is 0.143. The number of rotatable bonds is 6. The Kier molecular flexibility index (Phi) is 5.83. The van der Waals surface area contributed by atoms with Gasteiger partial charge < -0.3 is 0 Å². The fourth-order valence-electron chi connectivity index (χ4n) is 1.97. The summed E-state index contributed by atoms with van der Waals surface area (Å²) in [6.07, 6.45) is 1.10. The summed E-state index contributed by atoms with van der Waals surface area (Å²) in [4.78, 5) is 14.2. The number of Topliss-reactive ketones (excluding diaryl/α,β-unsaturated/α-hetero) is 1. The van der Waals surface area contributed by atoms with Crippen molar-refractivity contribution in [2.45, 2.75) is 33.2 Å². The molecule has 0 aliphatic heterocycles. The summed E-state index contributed by atoms with van der Waals surface area (Å²) < 4.78 is 0. The third-order valence-electron chi connectivity index (χ3n) is 3.12. The number of likely N-dealkylation sites (N-methyl/N-ethyl adjacent to an activating group) is 1. The lowest BCUT2D eigenvalue weighted by molar-refractivity contribution is 0.0916. The molecule has 0 aliphatic carbocycles. The van der Waals surface area contributed by atoms with Gasteiger partial charge in [0.25, 0.3) is 0 Å². The van der Waals surface area contributed by atoms with Crippen molar-refractivity contribution in [2.75, 3.05) is 13.6 Å². The van der Waals surface area contributed by atoms with Crippen molar-refractivity contribution in [1.29, 1.82) is 0 Å². The van der Waals surface area contributed by atoms with E-state index in [1.54, 1.807) is 24.3 Å². The molecule has 1 aromatic carbocycles. The highest BCUT2D eigenvalue weighted by molar-refractivity contribution is 6.30. The molecule has 0 heterocycles. The van der Waals surface area contributed by atoms with Crippen LogP contribution in [0.2, 0.25) is 5.02 Å². The van der Waals surface area contributed by atoms with Gasteiger partial charge in [-0.2, -0.15) is 0 Å². The van der Waals surface area contributed by atoms with Crippen molar-refractivity contribution < 1.29 is 4.79 Å². The number of nitrogens with zero attached hydrogens (tertiary/aromatic N) is 1. The van der Waals surface area contributed by atoms with Gasteiger partial charge in [-0.1, -0.05) is 25.4 Å². The van der Waals surface area contributed by atoms with Crippen LogP contribution in [-0.2, 0) is 0 Å². The number of carbonyl (C=O) groups excluding carboxylic acids is 1. The summed E-state index contributed by atoms with van der Waals surface area (Å²) in [5.74, 6) is 0.790. The van der Waals surface area contributed by atoms with Crippen LogP contribution in [-0.4, -0.2) is 30.3 Å². The molecule has 0 fully saturated rings. The quantitative estimate of drug-likeness (QED) is 0.729. The summed E-state index contributed by atoms with van der Waals surface area (Å²) in [5, 5.41) is 0.660. The second-order valence-corrected chi connectivity index (χ2v) is 5.76. The highest BCUT2D eigenvalue weighted by Gasteiger charge is 2.15. The van der Waals surface area contributed by atoms with E-state index in [0.717, 1.165) is 12.0 Å². The molecule has 2 nitrogen and oxygen atoms in total. The monoisotopic (exact) mass is 267 g/mol. The summed E-state index contributed by atoms with van der Waals surface area (Å²) in [6, 6.07) is 7.50. The zero-order valence-electron chi connectivity index (χ0n) is 11.6. The molecule has 1 rings (SSSR count). The first-order valence-corrected chi connectivity index (χ1v) is 6.77. The molecular formula is C15H22ClNO. The molecule has 0 aliphatic rings. The van der Waals surface area contributed by atoms with Crippen molar-refractivity contribution in [1.82, 2.24) is 4.90 Å². The van der Waals surface area contributed by atoms with Crippen LogP contribution in [0, 0.1) is 5.92 Å². The largest absolute Gasteiger partial charge is 0.296 e. The molecule has 0 saturated carbocycles. The Hall–Kier alpha value is -0.860. The van der Waals surface area contributed by atoms with E-state index < -0.39 is 0 Å². The molecule has 1 aromatic rings. The van der Waals surface area contributed by atoms with Crippen LogP contribution in [0.1, 0.15) is 37.6 Å². The normalized spacial score (nSPS) is 13.1. The maximum atomic E-state index is 12.1. The van der Waals surface area contributed by atoms with Gasteiger partial charge in [-0.3, -0.25) is 9.69 Å². The lowest BCUT2D eigenvalue weighted by Gasteiger charge is -2.25. The second kappa shape index (κ2) is 6.91. The predicted octanol–water partition coefficient (Wildman–Crippen LogP) is 3.89. The Labute approximate surface area is 115 Å². The first-order valence-electron chi connectivity index (χ1n) is 6.39. The zero-order chi connectivity index (χ0) is 13.7. The third kappa shape index (κ3) is 4.79. The number of hydrogen-bond donors (Lipinski definition) is 0. The maximum Gasteiger partial charge on any atom is 0.176 e. The fourth-order valence-corrected chi connectivity index (χ4v) is 2.10. The van der Waals surface area contributed by atoms with Crippen molar-refractivity contribution in [2.24, 2.45) is 5.92 Å². The minimum absolute atomic E-state index is 0.143. The van der Waals surface area contributed by atoms with Crippen LogP contribution in [0.15, 0.2) is 24.3 Å². The minimum Gasteiger partial charge on any atom is -0.296 e. The molecule has 100 valence electrons. The lowest BCUT2D eigenvalue weighted by Crippen LogP contribution is -2.34. The molecule has 0 aromatic heterocycles. The molecule has 3 heteroatoms. The molecule has 18 heavy (non-hydrogen) atoms. The van der Waals surface area contributed by atoms with Gasteiger partial charge in [0.05, 0.1) is 6.54 Å². The van der Waals surface area contributed by atoms with Gasteiger partial charge in [0.15, 0.2) is 5.78 Å². The average Bonchev–Trinajstić information content (AvgIpc) is 2.28. The van der Waals surface area contributed by atoms with Gasteiger partial charge in [0.2, 0.25) is 0 Å². The molecule has 1 unspecified atom stereocenters. The topological polar surface area (TPSA) is 20.3 Å². The van der Waals surface area contributed by atoms with Crippen LogP contribution < -0.4 is 0 Å². The zero-order valence-corrected chi connectivity index (χ0v) is 12.4. The Bertz CT molecular complexity index is 386. The molecule has 0 radical (unpaired) electrons. The highest BCUT2D eigenvalue weighted by Crippen LogP contribution is 2.13. The van der Waals surface area contributed by atoms with E-state index in [0.29, 0.717) is 23.5 Å². The van der Waals surface area contributed by atoms with Crippen molar-refractivity contribution in [3.05, 3.63) is 34.9 Å². The van der Waals surface area contributed by atoms with Crippen LogP contribution in [0.25, 0.3) is 0 Å². The first-order chi connectivity index (χ1) is 8.40. The predicted molar refractivity (Wildman–Crippen MR) is 77.3 cm³/mol. The Morgan fingerprint density at radius 3 is 2.28 bits per heavy atom. The lowest BCUT2D eigenvalue weighted by atomic mass is 10.0. The molecule has 0 bridgehead atoms. The second-order valence-electron chi connectivity index (χ2n) is 5.32. The maximum absolute atomic E-state index is 12.1. The summed E-state index contributed by atoms with van der Waals surface area (Å²) >= 11 is 5.81. The fraction of sp³-hybridized carbons (Fsp3) is 0.533. The van der Waals surface area contributed by atoms with Crippen LogP contribution in [0.4, 0.5) is 0 Å². The van der Waals surface area contributed by atoms with E-state index in [9.17, 15) is 4.79 Å². The SMILES string of the molecule is CC(C)CC(C)N(C)CC(=O)c1ccc(Cl)cc1. The number of halogens is 1. The summed E-state index contributed by atoms with van der Waals surface area (Å²) in [6.45, 7) is 7.02. The Morgan fingerprint density at radius 2 is 1.78 bits per heavy atom. The van der Waals surface area contributed by atoms with Gasteiger partial charge in [-0.25, -0.2) is 0 Å². The van der Waals surface area contributed by atoms with Gasteiger partial charge in [-0.05, 0) is 50.6 Å². The van der Waals surface area contributed by atoms with Gasteiger partial charge in [-0.15, -0.1) is 0 Å². The molecule has 1 atom stereocenters. The number of ketones is 1. The van der Waals surface area contributed by atoms with E-state index in [4.69, 9.17) is 11.6 Å². The Morgan fingerprint density at radius 1 is 1.22 bits per heavy atom. The van der Waals surface area contributed by atoms with Gasteiger partial charge in [0, 0.05) is 16.6 Å². The van der Waals surface area contributed by atoms with Crippen LogP contribution in [0.3, 0.4) is 0 Å². The molecule has 0 saturated heterocycles. The van der Waals surface area contributed by atoms with Crippen molar-refractivity contribution >= 4 is 17.4 Å². The van der Waals surface area contributed by atoms with E-state index in [1.165, 1.54) is 0 Å². The van der Waals surface area contributed by atoms with E-state index in [-0.39, 0.29) is 5.78 Å². The standard InChI is InChI=1S/C15H22ClNO/c1-11(2)9-12(3)17(4)10-15(18)13-5-7-14(16)8-6-13/h5-8,11-12H,9-10H2,1-4H3. The molecule has 0 amide bonds. The summed E-state index contributed by atoms with van der Waals surface area (Å²) in [7, 11) is 2.00. The van der Waals surface area contributed by atoms with Gasteiger partial charge >= 0.3 is 0 Å². The highest BCUT2D eigenvalue weighted by atomic mass is 35.5. The molecule has 0 spiro atoms. The van der Waals surface area contributed by atoms with Crippen LogP contribution >= 0.6 is 11.6 Å². The van der Waals surface area contributed by atoms with Crippen molar-refractivity contribution in [3.63, 3.8) is 0 Å². The van der Waals surface area contributed by atoms with E-state index in [2.05, 4.69) is 25.7 Å². The third-order valence-corrected chi connectivity index (χ3v) is 3.38.